The second-order valence-electron chi connectivity index (χ2n) is 5.92. The third kappa shape index (κ3) is 3.91. The molecule has 2 aromatic rings. The van der Waals surface area contributed by atoms with Crippen LogP contribution in [0.25, 0.3) is 5.69 Å². The van der Waals surface area contributed by atoms with E-state index in [1.54, 1.807) is 0 Å². The monoisotopic (exact) mass is 301 g/mol. The largest absolute Gasteiger partial charge is 0.392 e. The average molecular weight is 301 g/mol. The van der Waals surface area contributed by atoms with Gasteiger partial charge in [0, 0.05) is 39.3 Å². The first-order chi connectivity index (χ1) is 10.7. The summed E-state index contributed by atoms with van der Waals surface area (Å²) in [4.78, 5) is 4.69. The predicted molar refractivity (Wildman–Crippen MR) is 84.8 cm³/mol. The Balaban J connectivity index is 1.54. The maximum atomic E-state index is 9.44. The van der Waals surface area contributed by atoms with Gasteiger partial charge in [0.25, 0.3) is 0 Å². The Morgan fingerprint density at radius 3 is 2.45 bits per heavy atom. The number of nitrogens with zero attached hydrogens (tertiary/aromatic N) is 5. The summed E-state index contributed by atoms with van der Waals surface area (Å²) in [5.41, 5.74) is 2.02. The quantitative estimate of drug-likeness (QED) is 0.884. The lowest BCUT2D eigenvalue weighted by Gasteiger charge is -2.34. The van der Waals surface area contributed by atoms with E-state index < -0.39 is 0 Å². The van der Waals surface area contributed by atoms with Crippen LogP contribution < -0.4 is 0 Å². The molecular weight excluding hydrogens is 278 g/mol. The van der Waals surface area contributed by atoms with Gasteiger partial charge in [-0.1, -0.05) is 23.4 Å². The lowest BCUT2D eigenvalue weighted by molar-refractivity contribution is 0.0776. The molecule has 0 saturated carbocycles. The minimum Gasteiger partial charge on any atom is -0.392 e. The smallest absolute Gasteiger partial charge is 0.0971 e. The maximum absolute atomic E-state index is 9.44. The molecule has 3 rings (SSSR count). The molecule has 1 aliphatic rings. The van der Waals surface area contributed by atoms with Gasteiger partial charge >= 0.3 is 0 Å². The lowest BCUT2D eigenvalue weighted by atomic mass is 10.2. The Bertz CT molecular complexity index is 575. The van der Waals surface area contributed by atoms with Gasteiger partial charge in [-0.15, -0.1) is 5.10 Å². The summed E-state index contributed by atoms with van der Waals surface area (Å²) in [5.74, 6) is 0. The number of benzene rings is 1. The fourth-order valence-electron chi connectivity index (χ4n) is 2.81. The van der Waals surface area contributed by atoms with E-state index >= 15 is 0 Å². The van der Waals surface area contributed by atoms with E-state index in [0.29, 0.717) is 0 Å². The van der Waals surface area contributed by atoms with Gasteiger partial charge in [-0.2, -0.15) is 0 Å². The van der Waals surface area contributed by atoms with Crippen LogP contribution in [0.4, 0.5) is 0 Å². The zero-order valence-corrected chi connectivity index (χ0v) is 13.0. The number of rotatable bonds is 5. The van der Waals surface area contributed by atoms with E-state index in [9.17, 15) is 5.11 Å². The van der Waals surface area contributed by atoms with Crippen LogP contribution in [0.2, 0.25) is 0 Å². The fourth-order valence-corrected chi connectivity index (χ4v) is 2.81. The molecule has 0 bridgehead atoms. The topological polar surface area (TPSA) is 57.4 Å². The third-order valence-electron chi connectivity index (χ3n) is 3.93. The van der Waals surface area contributed by atoms with Crippen LogP contribution in [0.3, 0.4) is 0 Å². The normalized spacial score (nSPS) is 18.5. The van der Waals surface area contributed by atoms with Gasteiger partial charge in [0.1, 0.15) is 0 Å². The van der Waals surface area contributed by atoms with Gasteiger partial charge in [-0.25, -0.2) is 4.68 Å². The summed E-state index contributed by atoms with van der Waals surface area (Å²) >= 11 is 0. The van der Waals surface area contributed by atoms with Crippen molar-refractivity contribution in [1.29, 1.82) is 0 Å². The van der Waals surface area contributed by atoms with Crippen molar-refractivity contribution in [2.45, 2.75) is 19.6 Å². The number of aromatic nitrogens is 3. The summed E-state index contributed by atoms with van der Waals surface area (Å²) in [5, 5.41) is 17.9. The van der Waals surface area contributed by atoms with E-state index in [1.165, 1.54) is 0 Å². The lowest BCUT2D eigenvalue weighted by Crippen LogP contribution is -2.47. The number of para-hydroxylation sites is 1. The zero-order chi connectivity index (χ0) is 15.4. The number of hydrogen-bond acceptors (Lipinski definition) is 5. The van der Waals surface area contributed by atoms with Gasteiger partial charge < -0.3 is 5.11 Å². The fraction of sp³-hybridized carbons (Fsp3) is 0.500. The zero-order valence-electron chi connectivity index (χ0n) is 13.0. The van der Waals surface area contributed by atoms with Crippen molar-refractivity contribution < 1.29 is 5.11 Å². The van der Waals surface area contributed by atoms with Crippen molar-refractivity contribution in [3.63, 3.8) is 0 Å². The number of aliphatic hydroxyl groups excluding tert-OH is 1. The Kier molecular flexibility index (Phi) is 4.82. The highest BCUT2D eigenvalue weighted by molar-refractivity contribution is 5.29. The van der Waals surface area contributed by atoms with Crippen LogP contribution in [0.1, 0.15) is 12.6 Å². The minimum atomic E-state index is -0.252. The summed E-state index contributed by atoms with van der Waals surface area (Å²) < 4.78 is 1.82. The number of piperazine rings is 1. The van der Waals surface area contributed by atoms with Gasteiger partial charge in [0.2, 0.25) is 0 Å². The molecule has 0 radical (unpaired) electrons. The van der Waals surface area contributed by atoms with E-state index in [-0.39, 0.29) is 6.10 Å². The molecule has 1 atom stereocenters. The Labute approximate surface area is 131 Å². The molecule has 6 nitrogen and oxygen atoms in total. The molecule has 0 spiro atoms. The van der Waals surface area contributed by atoms with Crippen LogP contribution in [-0.2, 0) is 6.54 Å². The van der Waals surface area contributed by atoms with Gasteiger partial charge in [0.15, 0.2) is 0 Å². The molecule has 6 heteroatoms. The van der Waals surface area contributed by atoms with Gasteiger partial charge in [-0.05, 0) is 19.1 Å². The SMILES string of the molecule is CC(O)CN1CCN(Cc2cn(-c3ccccc3)nn2)CC1. The van der Waals surface area contributed by atoms with Gasteiger partial charge in [0.05, 0.1) is 23.7 Å². The molecule has 1 unspecified atom stereocenters. The van der Waals surface area contributed by atoms with Crippen LogP contribution in [0.5, 0.6) is 0 Å². The van der Waals surface area contributed by atoms with Crippen molar-refractivity contribution >= 4 is 0 Å². The summed E-state index contributed by atoms with van der Waals surface area (Å²) in [6.07, 6.45) is 1.75. The van der Waals surface area contributed by atoms with Crippen LogP contribution in [-0.4, -0.2) is 68.7 Å². The molecule has 22 heavy (non-hydrogen) atoms. The van der Waals surface area contributed by atoms with E-state index in [0.717, 1.165) is 50.6 Å². The molecular formula is C16H23N5O. The first-order valence-corrected chi connectivity index (χ1v) is 7.80. The summed E-state index contributed by atoms with van der Waals surface area (Å²) in [6, 6.07) is 10.0. The highest BCUT2D eigenvalue weighted by Crippen LogP contribution is 2.09. The van der Waals surface area contributed by atoms with Crippen molar-refractivity contribution in [2.24, 2.45) is 0 Å². The summed E-state index contributed by atoms with van der Waals surface area (Å²) in [7, 11) is 0. The second kappa shape index (κ2) is 7.00. The third-order valence-corrected chi connectivity index (χ3v) is 3.93. The second-order valence-corrected chi connectivity index (χ2v) is 5.92. The Morgan fingerprint density at radius 1 is 1.09 bits per heavy atom. The molecule has 1 saturated heterocycles. The van der Waals surface area contributed by atoms with Crippen molar-refractivity contribution in [1.82, 2.24) is 24.8 Å². The Hall–Kier alpha value is -1.76. The van der Waals surface area contributed by atoms with Crippen LogP contribution in [0, 0.1) is 0 Å². The number of hydrogen-bond donors (Lipinski definition) is 1. The Morgan fingerprint density at radius 2 is 1.77 bits per heavy atom. The standard InChI is InChI=1S/C16H23N5O/c1-14(22)11-19-7-9-20(10-8-19)12-15-13-21(18-17-15)16-5-3-2-4-6-16/h2-6,13-14,22H,7-12H2,1H3. The predicted octanol–water partition coefficient (Wildman–Crippen LogP) is 0.766. The molecule has 118 valence electrons. The molecule has 0 amide bonds. The van der Waals surface area contributed by atoms with Crippen LogP contribution >= 0.6 is 0 Å². The molecule has 2 heterocycles. The molecule has 1 aliphatic heterocycles. The molecule has 1 fully saturated rings. The van der Waals surface area contributed by atoms with Crippen LogP contribution in [0.15, 0.2) is 36.5 Å². The van der Waals surface area contributed by atoms with Crippen molar-refractivity contribution in [3.05, 3.63) is 42.2 Å². The van der Waals surface area contributed by atoms with E-state index in [2.05, 4.69) is 20.1 Å². The number of aliphatic hydroxyl groups is 1. The highest BCUT2D eigenvalue weighted by atomic mass is 16.3. The molecule has 1 aromatic heterocycles. The molecule has 0 aliphatic carbocycles. The first kappa shape index (κ1) is 15.1. The van der Waals surface area contributed by atoms with Crippen molar-refractivity contribution in [2.75, 3.05) is 32.7 Å². The number of β-amino-alcohol motifs (C(OH)–C–C–N with tert-alkyl or cyclic N) is 1. The van der Waals surface area contributed by atoms with E-state index in [4.69, 9.17) is 0 Å². The first-order valence-electron chi connectivity index (χ1n) is 7.80. The minimum absolute atomic E-state index is 0.252. The maximum Gasteiger partial charge on any atom is 0.0971 e. The van der Waals surface area contributed by atoms with Gasteiger partial charge in [-0.3, -0.25) is 9.80 Å². The van der Waals surface area contributed by atoms with E-state index in [1.807, 2.05) is 48.1 Å². The average Bonchev–Trinajstić information content (AvgIpc) is 2.98. The highest BCUT2D eigenvalue weighted by Gasteiger charge is 2.18. The summed E-state index contributed by atoms with van der Waals surface area (Å²) in [6.45, 7) is 7.44. The van der Waals surface area contributed by atoms with Crippen molar-refractivity contribution in [3.8, 4) is 5.69 Å². The molecule has 1 N–H and O–H groups in total. The molecule has 1 aromatic carbocycles.